The molecular weight excluding hydrogens is 831 g/mol. The van der Waals surface area contributed by atoms with Gasteiger partial charge in [0.1, 0.15) is 11.6 Å². The lowest BCUT2D eigenvalue weighted by Gasteiger charge is -2.18. The molecule has 0 fully saturated rings. The van der Waals surface area contributed by atoms with Gasteiger partial charge in [0.2, 0.25) is 11.6 Å². The fourth-order valence-electron chi connectivity index (χ4n) is 6.00. The zero-order valence-electron chi connectivity index (χ0n) is 35.7. The molecule has 4 aromatic carbocycles. The Morgan fingerprint density at radius 3 is 1.39 bits per heavy atom. The first-order valence-electron chi connectivity index (χ1n) is 20.0. The number of carbonyl (C=O) groups excluding carboxylic acids is 3. The highest BCUT2D eigenvalue weighted by molar-refractivity contribution is 6.34. The average molecular weight is 882 g/mol. The second-order valence-corrected chi connectivity index (χ2v) is 17.1. The van der Waals surface area contributed by atoms with Gasteiger partial charge in [0.15, 0.2) is 0 Å². The van der Waals surface area contributed by atoms with Crippen LogP contribution >= 0.6 is 23.2 Å². The van der Waals surface area contributed by atoms with Gasteiger partial charge in [-0.05, 0) is 79.4 Å². The van der Waals surface area contributed by atoms with Gasteiger partial charge in [-0.25, -0.2) is 19.3 Å². The SMILES string of the molecule is CC(C)(C)c1nc(C(=O)Nc2ccc(CCC(=O)O)cc2Cl)nn1-c1ccccc1.CCOC(=O)CCc1ccc(NC(=O)c2nc(C(C)(C)C)n(-c3ccccc3)n2)c(Cl)c1. The maximum absolute atomic E-state index is 12.9. The number of carbonyl (C=O) groups is 4. The molecule has 0 atom stereocenters. The Hall–Kier alpha value is -6.38. The number of amides is 2. The van der Waals surface area contributed by atoms with Crippen LogP contribution in [0.25, 0.3) is 11.4 Å². The standard InChI is InChI=1S/C24H27ClN4O3.C22H23ClN4O3/c1-5-32-20(30)14-12-16-11-13-19(18(25)15-16)26-22(31)21-27-23(24(2,3)4)29(28-21)17-9-7-6-8-10-17;1-22(2,3)21-25-19(26-27(21)15-7-5-4-6-8-15)20(30)24-17-11-9-14(13-16(17)23)10-12-18(28)29/h6-11,13,15H,5,12,14H2,1-4H3,(H,26,31);4-9,11,13H,10,12H2,1-3H3,(H,24,30)(H,28,29). The fraction of sp³-hybridized carbons (Fsp3) is 0.304. The summed E-state index contributed by atoms with van der Waals surface area (Å²) in [7, 11) is 0. The van der Waals surface area contributed by atoms with Crippen molar-refractivity contribution in [3.63, 3.8) is 0 Å². The Labute approximate surface area is 370 Å². The molecule has 6 aromatic rings. The summed E-state index contributed by atoms with van der Waals surface area (Å²) < 4.78 is 8.30. The normalized spacial score (nSPS) is 11.3. The predicted octanol–water partition coefficient (Wildman–Crippen LogP) is 9.45. The first-order chi connectivity index (χ1) is 29.3. The van der Waals surface area contributed by atoms with Crippen molar-refractivity contribution in [3.05, 3.63) is 142 Å². The van der Waals surface area contributed by atoms with E-state index in [4.69, 9.17) is 33.0 Å². The van der Waals surface area contributed by atoms with Crippen LogP contribution in [-0.4, -0.2) is 65.0 Å². The zero-order valence-corrected chi connectivity index (χ0v) is 37.2. The zero-order chi connectivity index (χ0) is 45.2. The van der Waals surface area contributed by atoms with Crippen LogP contribution in [0.2, 0.25) is 10.0 Å². The molecule has 0 aliphatic carbocycles. The maximum atomic E-state index is 12.9. The van der Waals surface area contributed by atoms with E-state index >= 15 is 0 Å². The van der Waals surface area contributed by atoms with E-state index in [2.05, 4.69) is 30.8 Å². The summed E-state index contributed by atoms with van der Waals surface area (Å²) in [6, 6.07) is 29.4. The number of carboxylic acid groups (broad SMARTS) is 1. The summed E-state index contributed by atoms with van der Waals surface area (Å²) in [5.41, 5.74) is 3.51. The molecule has 0 saturated heterocycles. The number of benzene rings is 4. The van der Waals surface area contributed by atoms with Crippen LogP contribution in [0.3, 0.4) is 0 Å². The number of rotatable bonds is 13. The van der Waals surface area contributed by atoms with Crippen LogP contribution in [0.4, 0.5) is 11.4 Å². The van der Waals surface area contributed by atoms with Gasteiger partial charge < -0.3 is 20.5 Å². The third-order valence-corrected chi connectivity index (χ3v) is 9.70. The number of anilines is 2. The van der Waals surface area contributed by atoms with Gasteiger partial charge in [0, 0.05) is 23.7 Å². The van der Waals surface area contributed by atoms with E-state index in [0.29, 0.717) is 52.5 Å². The van der Waals surface area contributed by atoms with E-state index in [1.807, 2.05) is 108 Å². The summed E-state index contributed by atoms with van der Waals surface area (Å²) in [6.45, 7) is 14.2. The van der Waals surface area contributed by atoms with E-state index in [1.54, 1.807) is 46.6 Å². The molecule has 0 radical (unpaired) electrons. The lowest BCUT2D eigenvalue weighted by molar-refractivity contribution is -0.143. The first kappa shape index (κ1) is 46.7. The number of nitrogens with zero attached hydrogens (tertiary/aromatic N) is 6. The molecule has 324 valence electrons. The van der Waals surface area contributed by atoms with E-state index in [9.17, 15) is 19.2 Å². The lowest BCUT2D eigenvalue weighted by Crippen LogP contribution is -2.18. The summed E-state index contributed by atoms with van der Waals surface area (Å²) in [4.78, 5) is 57.0. The Kier molecular flexibility index (Phi) is 15.4. The van der Waals surface area contributed by atoms with Gasteiger partial charge >= 0.3 is 11.9 Å². The number of hydrogen-bond donors (Lipinski definition) is 3. The lowest BCUT2D eigenvalue weighted by atomic mass is 9.95. The quantitative estimate of drug-likeness (QED) is 0.0945. The molecular formula is C46H50Cl2N8O6. The van der Waals surface area contributed by atoms with Gasteiger partial charge in [-0.1, -0.05) is 113 Å². The molecule has 2 heterocycles. The number of aromatic nitrogens is 6. The minimum atomic E-state index is -0.877. The van der Waals surface area contributed by atoms with Crippen molar-refractivity contribution in [1.29, 1.82) is 0 Å². The van der Waals surface area contributed by atoms with E-state index < -0.39 is 17.8 Å². The summed E-state index contributed by atoms with van der Waals surface area (Å²) in [6.07, 6.45) is 1.15. The summed E-state index contributed by atoms with van der Waals surface area (Å²) in [5.74, 6) is -0.630. The van der Waals surface area contributed by atoms with Crippen LogP contribution < -0.4 is 10.6 Å². The number of nitrogens with one attached hydrogen (secondary N) is 2. The number of halogens is 2. The fourth-order valence-corrected chi connectivity index (χ4v) is 6.50. The molecule has 0 bridgehead atoms. The summed E-state index contributed by atoms with van der Waals surface area (Å²) in [5, 5.41) is 23.9. The predicted molar refractivity (Wildman–Crippen MR) is 240 cm³/mol. The molecule has 14 nitrogen and oxygen atoms in total. The van der Waals surface area contributed by atoms with Gasteiger partial charge in [0.25, 0.3) is 11.8 Å². The Bertz CT molecular complexity index is 2530. The molecule has 2 amide bonds. The van der Waals surface area contributed by atoms with Gasteiger partial charge in [-0.2, -0.15) is 0 Å². The first-order valence-corrected chi connectivity index (χ1v) is 20.7. The number of esters is 1. The van der Waals surface area contributed by atoms with Gasteiger partial charge in [0.05, 0.1) is 39.4 Å². The molecule has 0 saturated carbocycles. The van der Waals surface area contributed by atoms with E-state index in [-0.39, 0.29) is 41.3 Å². The van der Waals surface area contributed by atoms with Crippen LogP contribution in [-0.2, 0) is 38.0 Å². The average Bonchev–Trinajstić information content (AvgIpc) is 3.90. The minimum absolute atomic E-state index is 0.0124. The number of aryl methyl sites for hydroxylation is 2. The van der Waals surface area contributed by atoms with E-state index in [0.717, 1.165) is 22.5 Å². The second-order valence-electron chi connectivity index (χ2n) is 16.2. The number of para-hydroxylation sites is 2. The Balaban J connectivity index is 0.000000235. The van der Waals surface area contributed by atoms with Crippen LogP contribution in [0, 0.1) is 0 Å². The number of hydrogen-bond acceptors (Lipinski definition) is 9. The highest BCUT2D eigenvalue weighted by atomic mass is 35.5. The van der Waals surface area contributed by atoms with Crippen molar-refractivity contribution >= 4 is 58.3 Å². The Morgan fingerprint density at radius 1 is 0.629 bits per heavy atom. The monoisotopic (exact) mass is 880 g/mol. The number of ether oxygens (including phenoxy) is 1. The van der Waals surface area contributed by atoms with E-state index in [1.165, 1.54) is 0 Å². The van der Waals surface area contributed by atoms with Gasteiger partial charge in [-0.15, -0.1) is 10.2 Å². The van der Waals surface area contributed by atoms with Crippen molar-refractivity contribution in [2.24, 2.45) is 0 Å². The molecule has 3 N–H and O–H groups in total. The molecule has 2 aromatic heterocycles. The topological polar surface area (TPSA) is 183 Å². The molecule has 0 spiro atoms. The van der Waals surface area contributed by atoms with Crippen molar-refractivity contribution in [3.8, 4) is 11.4 Å². The third-order valence-electron chi connectivity index (χ3n) is 9.08. The molecule has 0 aliphatic heterocycles. The van der Waals surface area contributed by atoms with Crippen LogP contribution in [0.5, 0.6) is 0 Å². The number of aliphatic carboxylic acids is 1. The van der Waals surface area contributed by atoms with Crippen LogP contribution in [0.15, 0.2) is 97.1 Å². The number of carboxylic acids is 1. The highest BCUT2D eigenvalue weighted by Gasteiger charge is 2.28. The Morgan fingerprint density at radius 2 is 1.03 bits per heavy atom. The molecule has 62 heavy (non-hydrogen) atoms. The van der Waals surface area contributed by atoms with Crippen LogP contribution in [0.1, 0.15) is 105 Å². The molecule has 6 rings (SSSR count). The van der Waals surface area contributed by atoms with Crippen molar-refractivity contribution in [2.75, 3.05) is 17.2 Å². The maximum Gasteiger partial charge on any atom is 0.306 e. The highest BCUT2D eigenvalue weighted by Crippen LogP contribution is 2.28. The third kappa shape index (κ3) is 12.6. The summed E-state index contributed by atoms with van der Waals surface area (Å²) >= 11 is 12.6. The van der Waals surface area contributed by atoms with Gasteiger partial charge in [-0.3, -0.25) is 19.2 Å². The van der Waals surface area contributed by atoms with Crippen molar-refractivity contribution in [2.45, 2.75) is 85.0 Å². The van der Waals surface area contributed by atoms with Crippen molar-refractivity contribution in [1.82, 2.24) is 29.5 Å². The second kappa shape index (κ2) is 20.5. The minimum Gasteiger partial charge on any atom is -0.481 e. The smallest absolute Gasteiger partial charge is 0.306 e. The molecule has 0 aliphatic rings. The molecule has 0 unspecified atom stereocenters. The molecule has 16 heteroatoms. The van der Waals surface area contributed by atoms with Crippen molar-refractivity contribution < 1.29 is 29.0 Å². The largest absolute Gasteiger partial charge is 0.481 e.